The Balaban J connectivity index is 0.000000572. The Morgan fingerprint density at radius 3 is 1.60 bits per heavy atom. The summed E-state index contributed by atoms with van der Waals surface area (Å²) in [4.78, 5) is 0. The fourth-order valence-electron chi connectivity index (χ4n) is 4.18. The number of benzene rings is 3. The molecule has 0 fully saturated rings. The SMILES string of the molecule is CC(C)(C)C1=[C-]CC=C1.Cc1cc(O)c([Si](C)C)c(C(C)(C)C)c1.Cl.Cl.[Ti+]=[C](c1ccccc1)c1ccccc1. The van der Waals surface area contributed by atoms with Crippen LogP contribution < -0.4 is 5.19 Å². The first kappa shape index (κ1) is 38.3. The third kappa shape index (κ3) is 12.1. The maximum absolute atomic E-state index is 10.0. The summed E-state index contributed by atoms with van der Waals surface area (Å²) in [6.45, 7) is 19.7. The second-order valence-electron chi connectivity index (χ2n) is 12.0. The van der Waals surface area contributed by atoms with Gasteiger partial charge >= 0.3 is 95.6 Å². The summed E-state index contributed by atoms with van der Waals surface area (Å²) in [5.74, 6) is 0.485. The standard InChI is InChI=1S/C13H21OSi.C13H10.C9H13.2ClH.Ti/c1-9-7-10(13(2,3)4)12(15(5)6)11(14)8-9;1-3-7-12(8-4-1)11-13-9-5-2-6-10-13;1-9(2,3)8-6-4-5-7-8;;;/h7-8,14H,1-6H3;1-10H;4,6H,5H2,1-3H3;2*1H;/q;;-1;;;+1. The van der Waals surface area contributed by atoms with Gasteiger partial charge < -0.3 is 5.11 Å². The zero-order chi connectivity index (χ0) is 28.5. The van der Waals surface area contributed by atoms with Gasteiger partial charge in [-0.3, -0.25) is 6.08 Å². The molecule has 0 saturated carbocycles. The zero-order valence-corrected chi connectivity index (χ0v) is 29.7. The first-order chi connectivity index (χ1) is 17.7. The molecule has 0 saturated heterocycles. The van der Waals surface area contributed by atoms with Gasteiger partial charge in [0.15, 0.2) is 0 Å². The molecule has 1 aliphatic rings. The van der Waals surface area contributed by atoms with Gasteiger partial charge in [0, 0.05) is 0 Å². The van der Waals surface area contributed by atoms with Gasteiger partial charge in [-0.2, -0.15) is 6.08 Å². The van der Waals surface area contributed by atoms with Crippen LogP contribution in [0.1, 0.15) is 70.2 Å². The molecule has 0 atom stereocenters. The van der Waals surface area contributed by atoms with Gasteiger partial charge in [-0.15, -0.1) is 31.2 Å². The average molecular weight is 630 g/mol. The van der Waals surface area contributed by atoms with Crippen molar-refractivity contribution in [2.75, 3.05) is 0 Å². The van der Waals surface area contributed by atoms with Crippen molar-refractivity contribution in [2.24, 2.45) is 5.41 Å². The van der Waals surface area contributed by atoms with Crippen LogP contribution in [0.2, 0.25) is 13.1 Å². The van der Waals surface area contributed by atoms with E-state index in [1.807, 2.05) is 25.1 Å². The van der Waals surface area contributed by atoms with Gasteiger partial charge in [0.25, 0.3) is 0 Å². The number of aryl methyl sites for hydroxylation is 1. The summed E-state index contributed by atoms with van der Waals surface area (Å²) in [5, 5.41) is 11.2. The van der Waals surface area contributed by atoms with E-state index in [9.17, 15) is 5.11 Å². The zero-order valence-electron chi connectivity index (χ0n) is 25.6. The van der Waals surface area contributed by atoms with E-state index in [2.05, 4.69) is 147 Å². The Labute approximate surface area is 269 Å². The molecule has 0 aliphatic heterocycles. The number of aromatic hydroxyl groups is 1. The average Bonchev–Trinajstić information content (AvgIpc) is 3.40. The second-order valence-corrected chi connectivity index (χ2v) is 15.3. The van der Waals surface area contributed by atoms with E-state index in [1.165, 1.54) is 31.3 Å². The van der Waals surface area contributed by atoms with E-state index < -0.39 is 8.80 Å². The molecular formula is C35H46Cl2OSiTi. The van der Waals surface area contributed by atoms with Crippen molar-refractivity contribution < 1.29 is 25.1 Å². The summed E-state index contributed by atoms with van der Waals surface area (Å²) >= 11 is 2.16. The summed E-state index contributed by atoms with van der Waals surface area (Å²) in [5.41, 5.74) is 6.79. The molecule has 1 aliphatic carbocycles. The molecule has 4 rings (SSSR count). The van der Waals surface area contributed by atoms with Crippen molar-refractivity contribution in [1.82, 2.24) is 0 Å². The van der Waals surface area contributed by atoms with Crippen LogP contribution >= 0.6 is 24.8 Å². The van der Waals surface area contributed by atoms with E-state index in [0.29, 0.717) is 11.2 Å². The molecule has 0 spiro atoms. The van der Waals surface area contributed by atoms with E-state index >= 15 is 0 Å². The molecular weight excluding hydrogens is 583 g/mol. The van der Waals surface area contributed by atoms with Gasteiger partial charge in [0.1, 0.15) is 5.75 Å². The molecule has 1 radical (unpaired) electrons. The third-order valence-electron chi connectivity index (χ3n) is 6.20. The first-order valence-corrected chi connectivity index (χ1v) is 16.6. The van der Waals surface area contributed by atoms with Crippen molar-refractivity contribution in [3.63, 3.8) is 0 Å². The van der Waals surface area contributed by atoms with Crippen molar-refractivity contribution in [3.05, 3.63) is 119 Å². The van der Waals surface area contributed by atoms with Crippen LogP contribution in [0, 0.1) is 18.4 Å². The van der Waals surface area contributed by atoms with Crippen LogP contribution in [0.4, 0.5) is 0 Å². The third-order valence-corrected chi connectivity index (χ3v) is 8.62. The Bertz CT molecular complexity index is 1210. The van der Waals surface area contributed by atoms with E-state index in [0.717, 1.165) is 12.0 Å². The van der Waals surface area contributed by atoms with E-state index in [1.54, 1.807) is 0 Å². The number of allylic oxidation sites excluding steroid dienone is 4. The molecule has 0 bridgehead atoms. The minimum atomic E-state index is -0.621. The number of phenolic OH excluding ortho intramolecular Hbond substituents is 1. The van der Waals surface area contributed by atoms with Crippen LogP contribution in [0.25, 0.3) is 0 Å². The van der Waals surface area contributed by atoms with Crippen LogP contribution in [-0.2, 0) is 25.4 Å². The molecule has 1 N–H and O–H groups in total. The first-order valence-electron chi connectivity index (χ1n) is 13.3. The Morgan fingerprint density at radius 1 is 0.800 bits per heavy atom. The Kier molecular flexibility index (Phi) is 16.6. The minimum absolute atomic E-state index is 0. The molecule has 214 valence electrons. The van der Waals surface area contributed by atoms with Crippen molar-refractivity contribution >= 4 is 42.6 Å². The van der Waals surface area contributed by atoms with Gasteiger partial charge in [0.05, 0.1) is 8.80 Å². The number of hydrogen-bond acceptors (Lipinski definition) is 1. The summed E-state index contributed by atoms with van der Waals surface area (Å²) in [6, 6.07) is 25.0. The number of hydrogen-bond donors (Lipinski definition) is 1. The summed E-state index contributed by atoms with van der Waals surface area (Å²) < 4.78 is 1.33. The number of halogens is 2. The second kappa shape index (κ2) is 17.3. The molecule has 0 amide bonds. The summed E-state index contributed by atoms with van der Waals surface area (Å²) in [7, 11) is -0.621. The monoisotopic (exact) mass is 628 g/mol. The normalized spacial score (nSPS) is 12.2. The molecule has 3 aromatic rings. The number of phenols is 1. The Morgan fingerprint density at radius 2 is 1.27 bits per heavy atom. The molecule has 0 aromatic heterocycles. The fraction of sp³-hybridized carbons (Fsp3) is 0.343. The molecule has 5 heteroatoms. The van der Waals surface area contributed by atoms with Gasteiger partial charge in [0.2, 0.25) is 0 Å². The Hall–Kier alpha value is -1.68. The van der Waals surface area contributed by atoms with Crippen molar-refractivity contribution in [1.29, 1.82) is 0 Å². The fourth-order valence-corrected chi connectivity index (χ4v) is 6.27. The molecule has 0 unspecified atom stereocenters. The van der Waals surface area contributed by atoms with Gasteiger partial charge in [-0.25, -0.2) is 11.6 Å². The van der Waals surface area contributed by atoms with Crippen LogP contribution in [0.15, 0.2) is 90.5 Å². The molecule has 3 aromatic carbocycles. The predicted molar refractivity (Wildman–Crippen MR) is 179 cm³/mol. The van der Waals surface area contributed by atoms with Crippen LogP contribution in [0.5, 0.6) is 5.75 Å². The molecule has 1 nitrogen and oxygen atoms in total. The van der Waals surface area contributed by atoms with Gasteiger partial charge in [-0.05, 0) is 40.1 Å². The summed E-state index contributed by atoms with van der Waals surface area (Å²) in [6.07, 6.45) is 8.63. The molecule has 40 heavy (non-hydrogen) atoms. The van der Waals surface area contributed by atoms with Crippen molar-refractivity contribution in [3.8, 4) is 5.75 Å². The quantitative estimate of drug-likeness (QED) is 0.226. The van der Waals surface area contributed by atoms with Gasteiger partial charge in [-0.1, -0.05) is 60.7 Å². The predicted octanol–water partition coefficient (Wildman–Crippen LogP) is 9.33. The van der Waals surface area contributed by atoms with Crippen LogP contribution in [0.3, 0.4) is 0 Å². The maximum atomic E-state index is 10.0. The molecule has 0 heterocycles. The van der Waals surface area contributed by atoms with E-state index in [-0.39, 0.29) is 30.2 Å². The van der Waals surface area contributed by atoms with E-state index in [4.69, 9.17) is 0 Å². The topological polar surface area (TPSA) is 20.2 Å². The number of rotatable bonds is 3. The van der Waals surface area contributed by atoms with Crippen LogP contribution in [-0.4, -0.2) is 17.7 Å². The van der Waals surface area contributed by atoms with Crippen molar-refractivity contribution in [2.45, 2.75) is 73.4 Å².